The fourth-order valence-corrected chi connectivity index (χ4v) is 2.93. The van der Waals surface area contributed by atoms with Gasteiger partial charge in [-0.3, -0.25) is 14.9 Å². The summed E-state index contributed by atoms with van der Waals surface area (Å²) in [7, 11) is 0. The molecule has 2 aromatic heterocycles. The molecule has 0 aliphatic rings. The summed E-state index contributed by atoms with van der Waals surface area (Å²) in [6.45, 7) is 1.84. The number of pyridine rings is 1. The normalized spacial score (nSPS) is 11.9. The van der Waals surface area contributed by atoms with Crippen LogP contribution in [-0.2, 0) is 6.42 Å². The summed E-state index contributed by atoms with van der Waals surface area (Å²) in [5, 5.41) is 15.4. The lowest BCUT2D eigenvalue weighted by atomic mass is 10.1. The van der Waals surface area contributed by atoms with Crippen LogP contribution in [0.3, 0.4) is 0 Å². The van der Waals surface area contributed by atoms with Crippen molar-refractivity contribution in [2.75, 3.05) is 0 Å². The van der Waals surface area contributed by atoms with E-state index < -0.39 is 16.5 Å². The van der Waals surface area contributed by atoms with Gasteiger partial charge in [-0.25, -0.2) is 4.98 Å². The Morgan fingerprint density at radius 3 is 2.95 bits per heavy atom. The molecule has 110 valence electrons. The number of amides is 1. The van der Waals surface area contributed by atoms with Crippen LogP contribution in [0.4, 0.5) is 5.69 Å². The van der Waals surface area contributed by atoms with Crippen LogP contribution in [0.15, 0.2) is 29.8 Å². The van der Waals surface area contributed by atoms with Gasteiger partial charge in [-0.2, -0.15) is 0 Å². The second-order valence-corrected chi connectivity index (χ2v) is 5.80. The number of carbonyl (C=O) groups is 1. The Labute approximate surface area is 129 Å². The zero-order valence-electron chi connectivity index (χ0n) is 11.1. The van der Waals surface area contributed by atoms with E-state index in [0.717, 1.165) is 4.88 Å². The largest absolute Gasteiger partial charge is 0.349 e. The Morgan fingerprint density at radius 2 is 2.33 bits per heavy atom. The number of nitrogens with zero attached hydrogens (tertiary/aromatic N) is 2. The summed E-state index contributed by atoms with van der Waals surface area (Å²) in [4.78, 5) is 27.2. The molecule has 1 atom stereocenters. The second kappa shape index (κ2) is 6.64. The van der Waals surface area contributed by atoms with Crippen LogP contribution in [0, 0.1) is 10.1 Å². The van der Waals surface area contributed by atoms with Gasteiger partial charge in [-0.15, -0.1) is 11.3 Å². The van der Waals surface area contributed by atoms with Crippen LogP contribution < -0.4 is 5.32 Å². The molecular weight excluding hydrogens is 314 g/mol. The van der Waals surface area contributed by atoms with Crippen LogP contribution in [0.25, 0.3) is 0 Å². The first kappa shape index (κ1) is 15.4. The van der Waals surface area contributed by atoms with Gasteiger partial charge in [0.25, 0.3) is 5.91 Å². The predicted molar refractivity (Wildman–Crippen MR) is 80.9 cm³/mol. The fourth-order valence-electron chi connectivity index (χ4n) is 1.87. The van der Waals surface area contributed by atoms with Crippen molar-refractivity contribution in [2.45, 2.75) is 19.4 Å². The first-order valence-electron chi connectivity index (χ1n) is 6.11. The molecule has 0 aliphatic carbocycles. The highest BCUT2D eigenvalue weighted by atomic mass is 35.5. The Kier molecular flexibility index (Phi) is 4.87. The van der Waals surface area contributed by atoms with Crippen molar-refractivity contribution in [3.05, 3.63) is 55.5 Å². The van der Waals surface area contributed by atoms with Crippen LogP contribution in [0.5, 0.6) is 0 Å². The number of nitro groups is 1. The molecule has 1 amide bonds. The first-order chi connectivity index (χ1) is 9.99. The van der Waals surface area contributed by atoms with Crippen molar-refractivity contribution in [3.8, 4) is 0 Å². The van der Waals surface area contributed by atoms with Crippen molar-refractivity contribution < 1.29 is 9.72 Å². The predicted octanol–water partition coefficient (Wildman–Crippen LogP) is 3.07. The van der Waals surface area contributed by atoms with E-state index in [1.807, 2.05) is 24.4 Å². The molecule has 2 heterocycles. The summed E-state index contributed by atoms with van der Waals surface area (Å²) in [5.74, 6) is -0.532. The molecule has 2 rings (SSSR count). The lowest BCUT2D eigenvalue weighted by Crippen LogP contribution is -2.34. The first-order valence-corrected chi connectivity index (χ1v) is 7.37. The molecule has 0 saturated carbocycles. The standard InChI is InChI=1S/C13H12ClN3O3S/c1-8(7-9-3-2-6-21-9)16-13(18)10-4-5-15-12(14)11(10)17(19)20/h2-6,8H,7H2,1H3,(H,16,18). The van der Waals surface area contributed by atoms with Gasteiger partial charge in [-0.1, -0.05) is 17.7 Å². The summed E-state index contributed by atoms with van der Waals surface area (Å²) in [6, 6.07) is 5.04. The minimum Gasteiger partial charge on any atom is -0.349 e. The molecule has 8 heteroatoms. The number of aromatic nitrogens is 1. The Balaban J connectivity index is 2.13. The Morgan fingerprint density at radius 1 is 1.57 bits per heavy atom. The number of rotatable bonds is 5. The summed E-state index contributed by atoms with van der Waals surface area (Å²) in [6.07, 6.45) is 1.93. The summed E-state index contributed by atoms with van der Waals surface area (Å²) in [5.41, 5.74) is -0.557. The van der Waals surface area contributed by atoms with Crippen molar-refractivity contribution in [3.63, 3.8) is 0 Å². The van der Waals surface area contributed by atoms with Gasteiger partial charge in [0.15, 0.2) is 0 Å². The number of thiophene rings is 1. The molecule has 0 saturated heterocycles. The molecule has 1 N–H and O–H groups in total. The van der Waals surface area contributed by atoms with Gasteiger partial charge < -0.3 is 5.32 Å². The molecule has 0 spiro atoms. The fraction of sp³-hybridized carbons (Fsp3) is 0.231. The highest BCUT2D eigenvalue weighted by Gasteiger charge is 2.25. The van der Waals surface area contributed by atoms with Crippen LogP contribution in [0.2, 0.25) is 5.15 Å². The highest BCUT2D eigenvalue weighted by Crippen LogP contribution is 2.26. The zero-order chi connectivity index (χ0) is 15.4. The van der Waals surface area contributed by atoms with E-state index >= 15 is 0 Å². The van der Waals surface area contributed by atoms with E-state index in [9.17, 15) is 14.9 Å². The van der Waals surface area contributed by atoms with Gasteiger partial charge in [0, 0.05) is 23.5 Å². The molecule has 21 heavy (non-hydrogen) atoms. The van der Waals surface area contributed by atoms with E-state index in [0.29, 0.717) is 6.42 Å². The van der Waals surface area contributed by atoms with Crippen molar-refractivity contribution >= 4 is 34.5 Å². The zero-order valence-corrected chi connectivity index (χ0v) is 12.6. The van der Waals surface area contributed by atoms with Crippen molar-refractivity contribution in [1.29, 1.82) is 0 Å². The van der Waals surface area contributed by atoms with Gasteiger partial charge in [0.05, 0.1) is 4.92 Å². The van der Waals surface area contributed by atoms with Crippen molar-refractivity contribution in [1.82, 2.24) is 10.3 Å². The van der Waals surface area contributed by atoms with Crippen LogP contribution >= 0.6 is 22.9 Å². The Bertz CT molecular complexity index is 661. The third-order valence-corrected chi connectivity index (χ3v) is 3.95. The third-order valence-electron chi connectivity index (χ3n) is 2.77. The molecular formula is C13H12ClN3O3S. The number of halogens is 1. The lowest BCUT2D eigenvalue weighted by Gasteiger charge is -2.13. The minimum absolute atomic E-state index is 0.0852. The topological polar surface area (TPSA) is 85.1 Å². The highest BCUT2D eigenvalue weighted by molar-refractivity contribution is 7.09. The van der Waals surface area contributed by atoms with Gasteiger partial charge in [-0.05, 0) is 24.4 Å². The summed E-state index contributed by atoms with van der Waals surface area (Å²) < 4.78 is 0. The molecule has 2 aromatic rings. The van der Waals surface area contributed by atoms with Crippen molar-refractivity contribution in [2.24, 2.45) is 0 Å². The third kappa shape index (κ3) is 3.77. The van der Waals surface area contributed by atoms with E-state index in [-0.39, 0.29) is 16.8 Å². The SMILES string of the molecule is CC(Cc1cccs1)NC(=O)c1ccnc(Cl)c1[N+](=O)[O-]. The molecule has 0 bridgehead atoms. The maximum atomic E-state index is 12.2. The van der Waals surface area contributed by atoms with E-state index in [1.165, 1.54) is 12.3 Å². The van der Waals surface area contributed by atoms with Gasteiger partial charge in [0.2, 0.25) is 5.15 Å². The summed E-state index contributed by atoms with van der Waals surface area (Å²) >= 11 is 7.28. The van der Waals surface area contributed by atoms with E-state index in [2.05, 4.69) is 10.3 Å². The lowest BCUT2D eigenvalue weighted by molar-refractivity contribution is -0.385. The molecule has 0 fully saturated rings. The van der Waals surface area contributed by atoms with Crippen LogP contribution in [0.1, 0.15) is 22.2 Å². The van der Waals surface area contributed by atoms with E-state index in [1.54, 1.807) is 11.3 Å². The average molecular weight is 326 g/mol. The number of hydrogen-bond donors (Lipinski definition) is 1. The molecule has 1 unspecified atom stereocenters. The maximum absolute atomic E-state index is 12.2. The molecule has 0 radical (unpaired) electrons. The number of hydrogen-bond acceptors (Lipinski definition) is 5. The molecule has 6 nitrogen and oxygen atoms in total. The molecule has 0 aromatic carbocycles. The maximum Gasteiger partial charge on any atom is 0.319 e. The van der Waals surface area contributed by atoms with Crippen LogP contribution in [-0.4, -0.2) is 21.9 Å². The molecule has 0 aliphatic heterocycles. The number of nitrogens with one attached hydrogen (secondary N) is 1. The average Bonchev–Trinajstić information content (AvgIpc) is 2.90. The monoisotopic (exact) mass is 325 g/mol. The minimum atomic E-state index is -0.700. The van der Waals surface area contributed by atoms with Gasteiger partial charge in [0.1, 0.15) is 5.56 Å². The Hall–Kier alpha value is -1.99. The second-order valence-electron chi connectivity index (χ2n) is 4.41. The number of carbonyl (C=O) groups excluding carboxylic acids is 1. The smallest absolute Gasteiger partial charge is 0.319 e. The van der Waals surface area contributed by atoms with E-state index in [4.69, 9.17) is 11.6 Å². The quantitative estimate of drug-likeness (QED) is 0.520. The van der Waals surface area contributed by atoms with Gasteiger partial charge >= 0.3 is 5.69 Å².